The van der Waals surface area contributed by atoms with Gasteiger partial charge in [-0.2, -0.15) is 4.31 Å². The molecule has 2 fully saturated rings. The van der Waals surface area contributed by atoms with Crippen molar-refractivity contribution >= 4 is 39.1 Å². The van der Waals surface area contributed by atoms with Gasteiger partial charge in [0.05, 0.1) is 22.4 Å². The van der Waals surface area contributed by atoms with E-state index in [1.165, 1.54) is 21.3 Å². The highest BCUT2D eigenvalue weighted by Gasteiger charge is 2.47. The Morgan fingerprint density at radius 2 is 1.38 bits per heavy atom. The smallest absolute Gasteiger partial charge is 0.255 e. The molecule has 2 saturated heterocycles. The number of nitrogens with one attached hydrogen (secondary N) is 1. The number of carbonyl (C=O) groups is 3. The second-order valence-corrected chi connectivity index (χ2v) is 10.7. The van der Waals surface area contributed by atoms with E-state index in [0.717, 1.165) is 12.8 Å². The molecule has 2 aliphatic heterocycles. The Morgan fingerprint density at radius 1 is 0.824 bits per heavy atom. The van der Waals surface area contributed by atoms with Crippen LogP contribution in [0.4, 0.5) is 11.4 Å². The number of imide groups is 1. The van der Waals surface area contributed by atoms with Gasteiger partial charge in [0.1, 0.15) is 0 Å². The molecule has 2 aromatic rings. The van der Waals surface area contributed by atoms with E-state index < -0.39 is 10.0 Å². The van der Waals surface area contributed by atoms with E-state index in [0.29, 0.717) is 42.9 Å². The normalized spacial score (nSPS) is 22.8. The number of anilines is 2. The van der Waals surface area contributed by atoms with Crippen molar-refractivity contribution in [1.29, 1.82) is 0 Å². The zero-order valence-corrected chi connectivity index (χ0v) is 19.3. The zero-order valence-electron chi connectivity index (χ0n) is 18.5. The molecule has 2 aromatic carbocycles. The lowest BCUT2D eigenvalue weighted by Gasteiger charge is -2.16. The van der Waals surface area contributed by atoms with Crippen LogP contribution in [0.15, 0.2) is 65.6 Å². The largest absolute Gasteiger partial charge is 0.322 e. The first kappa shape index (κ1) is 22.5. The van der Waals surface area contributed by atoms with Crippen LogP contribution in [-0.4, -0.2) is 43.5 Å². The molecule has 2 heterocycles. The monoisotopic (exact) mass is 479 g/mol. The summed E-state index contributed by atoms with van der Waals surface area (Å²) in [7, 11) is -3.51. The molecule has 9 heteroatoms. The Labute approximate surface area is 198 Å². The van der Waals surface area contributed by atoms with Gasteiger partial charge in [-0.3, -0.25) is 19.3 Å². The third-order valence-electron chi connectivity index (χ3n) is 6.71. The predicted molar refractivity (Wildman–Crippen MR) is 127 cm³/mol. The highest BCUT2D eigenvalue weighted by atomic mass is 32.2. The van der Waals surface area contributed by atoms with Crippen LogP contribution >= 0.6 is 0 Å². The number of benzene rings is 2. The van der Waals surface area contributed by atoms with Crippen molar-refractivity contribution in [2.75, 3.05) is 23.3 Å². The zero-order chi connectivity index (χ0) is 23.9. The maximum atomic E-state index is 12.7. The lowest BCUT2D eigenvalue weighted by molar-refractivity contribution is -0.122. The third kappa shape index (κ3) is 3.95. The lowest BCUT2D eigenvalue weighted by Crippen LogP contribution is -2.30. The number of hydrogen-bond acceptors (Lipinski definition) is 5. The number of nitrogens with zero attached hydrogens (tertiary/aromatic N) is 2. The van der Waals surface area contributed by atoms with Gasteiger partial charge in [-0.05, 0) is 74.2 Å². The van der Waals surface area contributed by atoms with Crippen LogP contribution in [0, 0.1) is 11.8 Å². The minimum Gasteiger partial charge on any atom is -0.322 e. The Morgan fingerprint density at radius 3 is 1.94 bits per heavy atom. The maximum absolute atomic E-state index is 12.7. The van der Waals surface area contributed by atoms with Crippen molar-refractivity contribution < 1.29 is 22.8 Å². The summed E-state index contributed by atoms with van der Waals surface area (Å²) < 4.78 is 26.8. The summed E-state index contributed by atoms with van der Waals surface area (Å²) in [5, 5.41) is 2.75. The minimum atomic E-state index is -3.51. The first-order chi connectivity index (χ1) is 16.4. The number of amides is 3. The van der Waals surface area contributed by atoms with Crippen molar-refractivity contribution in [3.63, 3.8) is 0 Å². The van der Waals surface area contributed by atoms with E-state index in [1.807, 2.05) is 12.2 Å². The summed E-state index contributed by atoms with van der Waals surface area (Å²) in [5.74, 6) is -1.38. The Balaban J connectivity index is 1.26. The molecule has 176 valence electrons. The number of fused-ring (bicyclic) bond motifs is 1. The van der Waals surface area contributed by atoms with Gasteiger partial charge in [-0.1, -0.05) is 12.2 Å². The van der Waals surface area contributed by atoms with Crippen LogP contribution in [0.3, 0.4) is 0 Å². The Kier molecular flexibility index (Phi) is 5.83. The van der Waals surface area contributed by atoms with Crippen LogP contribution < -0.4 is 10.2 Å². The van der Waals surface area contributed by atoms with Crippen LogP contribution in [-0.2, 0) is 19.6 Å². The van der Waals surface area contributed by atoms with E-state index in [9.17, 15) is 22.8 Å². The van der Waals surface area contributed by atoms with Gasteiger partial charge in [-0.15, -0.1) is 0 Å². The van der Waals surface area contributed by atoms with E-state index >= 15 is 0 Å². The molecular formula is C25H25N3O5S. The average Bonchev–Trinajstić information content (AvgIpc) is 3.48. The first-order valence-electron chi connectivity index (χ1n) is 11.4. The number of sulfonamides is 1. The molecule has 0 saturated carbocycles. The van der Waals surface area contributed by atoms with E-state index in [-0.39, 0.29) is 34.5 Å². The van der Waals surface area contributed by atoms with Gasteiger partial charge in [0, 0.05) is 24.3 Å². The molecule has 5 rings (SSSR count). The van der Waals surface area contributed by atoms with Crippen molar-refractivity contribution in [3.8, 4) is 0 Å². The van der Waals surface area contributed by atoms with Crippen molar-refractivity contribution in [2.45, 2.75) is 30.6 Å². The van der Waals surface area contributed by atoms with Crippen molar-refractivity contribution in [1.82, 2.24) is 4.31 Å². The molecule has 1 N–H and O–H groups in total. The van der Waals surface area contributed by atoms with Gasteiger partial charge in [0.15, 0.2) is 0 Å². The fraction of sp³-hybridized carbons (Fsp3) is 0.320. The van der Waals surface area contributed by atoms with Gasteiger partial charge in [0.2, 0.25) is 21.8 Å². The topological polar surface area (TPSA) is 104 Å². The summed E-state index contributed by atoms with van der Waals surface area (Å²) >= 11 is 0. The summed E-state index contributed by atoms with van der Waals surface area (Å²) in [5.41, 5.74) is 1.28. The summed E-state index contributed by atoms with van der Waals surface area (Å²) in [6, 6.07) is 12.4. The fourth-order valence-electron chi connectivity index (χ4n) is 4.81. The van der Waals surface area contributed by atoms with Crippen LogP contribution in [0.25, 0.3) is 0 Å². The standard InChI is InChI=1S/C25H25N3O5S/c29-23(26-18-9-13-20(14-10-18)34(32,33)27-15-3-4-16-27)17-7-11-19(12-8-17)28-24(30)21-5-1-2-6-22(21)25(28)31/h1-2,7-14,21-22H,3-6,15-16H2,(H,26,29). The first-order valence-corrected chi connectivity index (χ1v) is 12.8. The molecular weight excluding hydrogens is 454 g/mol. The summed E-state index contributed by atoms with van der Waals surface area (Å²) in [6.07, 6.45) is 6.76. The summed E-state index contributed by atoms with van der Waals surface area (Å²) in [4.78, 5) is 39.6. The molecule has 34 heavy (non-hydrogen) atoms. The third-order valence-corrected chi connectivity index (χ3v) is 8.62. The Bertz CT molecular complexity index is 1240. The van der Waals surface area contributed by atoms with Crippen LogP contribution in [0.2, 0.25) is 0 Å². The minimum absolute atomic E-state index is 0.194. The van der Waals surface area contributed by atoms with E-state index in [4.69, 9.17) is 0 Å². The second kappa shape index (κ2) is 8.81. The van der Waals surface area contributed by atoms with Crippen molar-refractivity contribution in [2.24, 2.45) is 11.8 Å². The SMILES string of the molecule is O=C(Nc1ccc(S(=O)(=O)N2CCCC2)cc1)c1ccc(N2C(=O)C3CC=CCC3C2=O)cc1. The van der Waals surface area contributed by atoms with E-state index in [2.05, 4.69) is 5.32 Å². The number of hydrogen-bond donors (Lipinski definition) is 1. The number of carbonyl (C=O) groups excluding carboxylic acids is 3. The van der Waals surface area contributed by atoms with Crippen molar-refractivity contribution in [3.05, 3.63) is 66.2 Å². The molecule has 0 radical (unpaired) electrons. The lowest BCUT2D eigenvalue weighted by atomic mass is 9.85. The van der Waals surface area contributed by atoms with Crippen LogP contribution in [0.5, 0.6) is 0 Å². The predicted octanol–water partition coefficient (Wildman–Crippen LogP) is 3.18. The van der Waals surface area contributed by atoms with Gasteiger partial charge in [-0.25, -0.2) is 8.42 Å². The highest BCUT2D eigenvalue weighted by molar-refractivity contribution is 7.89. The average molecular weight is 480 g/mol. The molecule has 2 unspecified atom stereocenters. The molecule has 1 aliphatic carbocycles. The molecule has 0 spiro atoms. The molecule has 8 nitrogen and oxygen atoms in total. The molecule has 2 atom stereocenters. The molecule has 0 bridgehead atoms. The van der Waals surface area contributed by atoms with Gasteiger partial charge >= 0.3 is 0 Å². The maximum Gasteiger partial charge on any atom is 0.255 e. The summed E-state index contributed by atoms with van der Waals surface area (Å²) in [6.45, 7) is 1.06. The van der Waals surface area contributed by atoms with Crippen LogP contribution in [0.1, 0.15) is 36.0 Å². The Hall–Kier alpha value is -3.30. The quantitative estimate of drug-likeness (QED) is 0.524. The van der Waals surface area contributed by atoms with E-state index in [1.54, 1.807) is 36.4 Å². The number of rotatable bonds is 5. The molecule has 3 amide bonds. The number of allylic oxidation sites excluding steroid dienone is 2. The molecule has 0 aromatic heterocycles. The molecule has 3 aliphatic rings. The van der Waals surface area contributed by atoms with Gasteiger partial charge in [0.25, 0.3) is 5.91 Å². The second-order valence-electron chi connectivity index (χ2n) is 8.80. The highest BCUT2D eigenvalue weighted by Crippen LogP contribution is 2.37. The van der Waals surface area contributed by atoms with Gasteiger partial charge < -0.3 is 5.32 Å². The fourth-order valence-corrected chi connectivity index (χ4v) is 6.32.